The molecule has 0 aromatic heterocycles. The summed E-state index contributed by atoms with van der Waals surface area (Å²) >= 11 is 0. The number of hydrogen-bond acceptors (Lipinski definition) is 4. The molecule has 0 saturated heterocycles. The van der Waals surface area contributed by atoms with Gasteiger partial charge in [-0.3, -0.25) is 5.41 Å². The van der Waals surface area contributed by atoms with E-state index in [1.807, 2.05) is 30.3 Å². The van der Waals surface area contributed by atoms with Gasteiger partial charge in [-0.15, -0.1) is 0 Å². The highest BCUT2D eigenvalue weighted by molar-refractivity contribution is 6.08. The van der Waals surface area contributed by atoms with Crippen LogP contribution in [-0.4, -0.2) is 11.8 Å². The van der Waals surface area contributed by atoms with Crippen molar-refractivity contribution in [2.24, 2.45) is 5.73 Å². The molecular weight excluding hydrogens is 254 g/mol. The van der Waals surface area contributed by atoms with Gasteiger partial charge in [0.05, 0.1) is 5.56 Å². The molecule has 0 bridgehead atoms. The monoisotopic (exact) mass is 269 g/mol. The van der Waals surface area contributed by atoms with Crippen LogP contribution in [0.3, 0.4) is 0 Å². The fraction of sp³-hybridized carbons (Fsp3) is 0.0667. The van der Waals surface area contributed by atoms with Gasteiger partial charge in [0.15, 0.2) is 0 Å². The average molecular weight is 269 g/mol. The number of rotatable bonds is 4. The number of carbonyl (C=O) groups excluding carboxylic acids is 1. The molecule has 0 aliphatic carbocycles. The van der Waals surface area contributed by atoms with E-state index in [1.165, 1.54) is 0 Å². The van der Waals surface area contributed by atoms with Crippen LogP contribution in [-0.2, 0) is 11.3 Å². The smallest absolute Gasteiger partial charge is 0.341 e. The Morgan fingerprint density at radius 2 is 1.80 bits per heavy atom. The van der Waals surface area contributed by atoms with Crippen molar-refractivity contribution in [2.45, 2.75) is 6.61 Å². The van der Waals surface area contributed by atoms with Crippen molar-refractivity contribution in [3.05, 3.63) is 65.2 Å². The van der Waals surface area contributed by atoms with E-state index in [-0.39, 0.29) is 29.3 Å². The molecule has 0 atom stereocenters. The van der Waals surface area contributed by atoms with Gasteiger partial charge >= 0.3 is 5.97 Å². The Bertz CT molecular complexity index is 639. The first kappa shape index (κ1) is 13.6. The van der Waals surface area contributed by atoms with Crippen molar-refractivity contribution < 1.29 is 9.53 Å². The lowest BCUT2D eigenvalue weighted by atomic mass is 10.0. The second-order valence-corrected chi connectivity index (χ2v) is 4.25. The van der Waals surface area contributed by atoms with Gasteiger partial charge in [-0.1, -0.05) is 42.5 Å². The molecule has 102 valence electrons. The summed E-state index contributed by atoms with van der Waals surface area (Å²) in [5, 5.41) is 7.48. The van der Waals surface area contributed by atoms with E-state index in [4.69, 9.17) is 21.6 Å². The Balaban J connectivity index is 2.19. The van der Waals surface area contributed by atoms with Crippen molar-refractivity contribution >= 4 is 17.5 Å². The summed E-state index contributed by atoms with van der Waals surface area (Å²) < 4.78 is 5.21. The molecule has 5 nitrogen and oxygen atoms in total. The Morgan fingerprint density at radius 3 is 2.45 bits per heavy atom. The van der Waals surface area contributed by atoms with Gasteiger partial charge in [-0.2, -0.15) is 0 Å². The van der Waals surface area contributed by atoms with Gasteiger partial charge in [0.2, 0.25) is 0 Å². The van der Waals surface area contributed by atoms with Crippen LogP contribution >= 0.6 is 0 Å². The summed E-state index contributed by atoms with van der Waals surface area (Å²) in [6, 6.07) is 14.1. The van der Waals surface area contributed by atoms with Gasteiger partial charge in [0.1, 0.15) is 12.4 Å². The molecular formula is C15H15N3O2. The van der Waals surface area contributed by atoms with E-state index >= 15 is 0 Å². The molecule has 0 aliphatic heterocycles. The third kappa shape index (κ3) is 2.95. The fourth-order valence-electron chi connectivity index (χ4n) is 1.82. The van der Waals surface area contributed by atoms with Crippen LogP contribution in [0.2, 0.25) is 0 Å². The molecule has 0 saturated carbocycles. The topological polar surface area (TPSA) is 102 Å². The van der Waals surface area contributed by atoms with Gasteiger partial charge in [-0.25, -0.2) is 4.79 Å². The van der Waals surface area contributed by atoms with Crippen LogP contribution < -0.4 is 11.5 Å². The molecule has 2 aromatic rings. The molecule has 2 aromatic carbocycles. The second kappa shape index (κ2) is 5.88. The lowest BCUT2D eigenvalue weighted by molar-refractivity contribution is 0.0473. The largest absolute Gasteiger partial charge is 0.457 e. The summed E-state index contributed by atoms with van der Waals surface area (Å²) in [6.45, 7) is 0.144. The molecule has 0 fully saturated rings. The molecule has 2 rings (SSSR count). The van der Waals surface area contributed by atoms with Gasteiger partial charge < -0.3 is 16.2 Å². The maximum Gasteiger partial charge on any atom is 0.341 e. The van der Waals surface area contributed by atoms with Crippen molar-refractivity contribution in [2.75, 3.05) is 5.73 Å². The Kier molecular flexibility index (Phi) is 4.00. The summed E-state index contributed by atoms with van der Waals surface area (Å²) in [6.07, 6.45) is 0. The number of nitrogens with one attached hydrogen (secondary N) is 1. The summed E-state index contributed by atoms with van der Waals surface area (Å²) in [7, 11) is 0. The highest BCUT2D eigenvalue weighted by atomic mass is 16.5. The second-order valence-electron chi connectivity index (χ2n) is 4.25. The molecule has 0 aliphatic rings. The van der Waals surface area contributed by atoms with Gasteiger partial charge in [0.25, 0.3) is 0 Å². The number of hydrogen-bond donors (Lipinski definition) is 3. The Hall–Kier alpha value is -2.82. The van der Waals surface area contributed by atoms with Crippen LogP contribution in [0.4, 0.5) is 5.69 Å². The quantitative estimate of drug-likeness (QED) is 0.341. The number of nitrogens with two attached hydrogens (primary N) is 2. The maximum atomic E-state index is 12.1. The predicted octanol–water partition coefficient (Wildman–Crippen LogP) is 1.91. The molecule has 0 heterocycles. The molecule has 5 N–H and O–H groups in total. The SMILES string of the molecule is N=C(N)c1cccc(N)c1C(=O)OCc1ccccc1. The first-order valence-electron chi connectivity index (χ1n) is 6.03. The van der Waals surface area contributed by atoms with Crippen molar-refractivity contribution in [3.63, 3.8) is 0 Å². The minimum atomic E-state index is -0.586. The molecule has 0 spiro atoms. The highest BCUT2D eigenvalue weighted by Crippen LogP contribution is 2.18. The minimum absolute atomic E-state index is 0.135. The number of anilines is 1. The standard InChI is InChI=1S/C15H15N3O2/c16-12-8-4-7-11(14(17)18)13(12)15(19)20-9-10-5-2-1-3-6-10/h1-8H,9,16H2,(H3,17,18). The van der Waals surface area contributed by atoms with Crippen molar-refractivity contribution in [1.82, 2.24) is 0 Å². The molecule has 20 heavy (non-hydrogen) atoms. The van der Waals surface area contributed by atoms with Crippen LogP contribution in [0.5, 0.6) is 0 Å². The van der Waals surface area contributed by atoms with E-state index in [0.29, 0.717) is 0 Å². The zero-order chi connectivity index (χ0) is 14.5. The first-order valence-corrected chi connectivity index (χ1v) is 6.03. The normalized spacial score (nSPS) is 10.0. The number of amidine groups is 1. The zero-order valence-corrected chi connectivity index (χ0v) is 10.8. The highest BCUT2D eigenvalue weighted by Gasteiger charge is 2.18. The third-order valence-electron chi connectivity index (χ3n) is 2.80. The van der Waals surface area contributed by atoms with Crippen LogP contribution in [0.15, 0.2) is 48.5 Å². The summed E-state index contributed by atoms with van der Waals surface area (Å²) in [4.78, 5) is 12.1. The molecule has 5 heteroatoms. The van der Waals surface area contributed by atoms with E-state index in [0.717, 1.165) is 5.56 Å². The zero-order valence-electron chi connectivity index (χ0n) is 10.8. The number of ether oxygens (including phenoxy) is 1. The van der Waals surface area contributed by atoms with E-state index in [1.54, 1.807) is 18.2 Å². The van der Waals surface area contributed by atoms with Gasteiger partial charge in [0, 0.05) is 11.3 Å². The molecule has 0 amide bonds. The number of esters is 1. The maximum absolute atomic E-state index is 12.1. The molecule has 0 radical (unpaired) electrons. The van der Waals surface area contributed by atoms with E-state index in [9.17, 15) is 4.79 Å². The third-order valence-corrected chi connectivity index (χ3v) is 2.80. The summed E-state index contributed by atoms with van der Waals surface area (Å²) in [5.74, 6) is -0.805. The number of carbonyl (C=O) groups is 1. The Labute approximate surface area is 116 Å². The van der Waals surface area contributed by atoms with Crippen molar-refractivity contribution in [1.29, 1.82) is 5.41 Å². The number of nitrogen functional groups attached to an aromatic ring is 2. The predicted molar refractivity (Wildman–Crippen MR) is 77.4 cm³/mol. The number of benzene rings is 2. The lowest BCUT2D eigenvalue weighted by Gasteiger charge is -2.11. The Morgan fingerprint density at radius 1 is 1.10 bits per heavy atom. The van der Waals surface area contributed by atoms with Gasteiger partial charge in [-0.05, 0) is 11.6 Å². The van der Waals surface area contributed by atoms with Crippen LogP contribution in [0, 0.1) is 5.41 Å². The van der Waals surface area contributed by atoms with E-state index in [2.05, 4.69) is 0 Å². The van der Waals surface area contributed by atoms with Crippen molar-refractivity contribution in [3.8, 4) is 0 Å². The first-order chi connectivity index (χ1) is 9.59. The lowest BCUT2D eigenvalue weighted by Crippen LogP contribution is -2.19. The average Bonchev–Trinajstić information content (AvgIpc) is 2.45. The minimum Gasteiger partial charge on any atom is -0.457 e. The summed E-state index contributed by atoms with van der Waals surface area (Å²) in [5.41, 5.74) is 12.8. The van der Waals surface area contributed by atoms with E-state index < -0.39 is 5.97 Å². The van der Waals surface area contributed by atoms with Crippen LogP contribution in [0.1, 0.15) is 21.5 Å². The fourth-order valence-corrected chi connectivity index (χ4v) is 1.82. The molecule has 0 unspecified atom stereocenters. The van der Waals surface area contributed by atoms with Crippen LogP contribution in [0.25, 0.3) is 0 Å².